The molecule has 0 atom stereocenters. The smallest absolute Gasteiger partial charge is 0.330 e. The Balaban J connectivity index is 2.34. The van der Waals surface area contributed by atoms with Crippen LogP contribution < -0.4 is 0 Å². The van der Waals surface area contributed by atoms with Gasteiger partial charge in [-0.2, -0.15) is 8.78 Å². The summed E-state index contributed by atoms with van der Waals surface area (Å²) in [4.78, 5) is 11.1. The molecule has 0 aromatic carbocycles. The van der Waals surface area contributed by atoms with Crippen molar-refractivity contribution in [2.24, 2.45) is 0 Å². The second-order valence-electron chi connectivity index (χ2n) is 2.96. The van der Waals surface area contributed by atoms with Crippen molar-refractivity contribution in [3.8, 4) is 0 Å². The van der Waals surface area contributed by atoms with E-state index in [0.29, 0.717) is 0 Å². The van der Waals surface area contributed by atoms with Crippen molar-refractivity contribution in [3.63, 3.8) is 0 Å². The molecule has 3 nitrogen and oxygen atoms in total. The molecule has 0 saturated heterocycles. The molecular formula is C9H8F4O3. The molecule has 1 aromatic heterocycles. The lowest BCUT2D eigenvalue weighted by molar-refractivity contribution is -0.163. The topological polar surface area (TPSA) is 39.4 Å². The van der Waals surface area contributed by atoms with Crippen LogP contribution in [-0.4, -0.2) is 31.3 Å². The standard InChI is InChI=1S/C9H8F4O3/c10-8(11)9(12,13)5-15-4-6(14)7-2-1-3-16-7/h1-3,8H,4-5H2. The molecule has 0 spiro atoms. The maximum absolute atomic E-state index is 12.3. The summed E-state index contributed by atoms with van der Waals surface area (Å²) in [6.07, 6.45) is -2.59. The molecule has 0 N–H and O–H groups in total. The van der Waals surface area contributed by atoms with Crippen LogP contribution in [0.15, 0.2) is 22.8 Å². The lowest BCUT2D eigenvalue weighted by Gasteiger charge is -2.14. The molecule has 0 amide bonds. The number of ether oxygens (including phenoxy) is 1. The minimum absolute atomic E-state index is 0.0691. The van der Waals surface area contributed by atoms with Gasteiger partial charge in [0.15, 0.2) is 5.76 Å². The number of Topliss-reactive ketones (excluding diaryl/α,β-unsaturated/α-hetero) is 1. The quantitative estimate of drug-likeness (QED) is 0.566. The Labute approximate surface area is 88.0 Å². The van der Waals surface area contributed by atoms with Gasteiger partial charge in [0.25, 0.3) is 0 Å². The number of alkyl halides is 4. The first kappa shape index (κ1) is 12.7. The number of hydrogen-bond donors (Lipinski definition) is 0. The van der Waals surface area contributed by atoms with Crippen molar-refractivity contribution >= 4 is 5.78 Å². The van der Waals surface area contributed by atoms with Crippen LogP contribution in [0.5, 0.6) is 0 Å². The first-order chi connectivity index (χ1) is 7.43. The Kier molecular flexibility index (Phi) is 4.05. The van der Waals surface area contributed by atoms with Crippen molar-refractivity contribution in [3.05, 3.63) is 24.2 Å². The number of furan rings is 1. The van der Waals surface area contributed by atoms with E-state index >= 15 is 0 Å². The Hall–Kier alpha value is -1.37. The van der Waals surface area contributed by atoms with Gasteiger partial charge >= 0.3 is 12.3 Å². The Morgan fingerprint density at radius 3 is 2.69 bits per heavy atom. The molecule has 0 aliphatic heterocycles. The number of carbonyl (C=O) groups excluding carboxylic acids is 1. The van der Waals surface area contributed by atoms with Gasteiger partial charge in [-0.15, -0.1) is 0 Å². The third-order valence-corrected chi connectivity index (χ3v) is 1.64. The van der Waals surface area contributed by atoms with Crippen LogP contribution in [0.2, 0.25) is 0 Å². The molecule has 0 unspecified atom stereocenters. The van der Waals surface area contributed by atoms with Crippen LogP contribution in [0, 0.1) is 0 Å². The predicted molar refractivity (Wildman–Crippen MR) is 44.8 cm³/mol. The summed E-state index contributed by atoms with van der Waals surface area (Å²) in [7, 11) is 0. The molecule has 0 bridgehead atoms. The van der Waals surface area contributed by atoms with Crippen LogP contribution in [0.25, 0.3) is 0 Å². The lowest BCUT2D eigenvalue weighted by atomic mass is 10.3. The molecule has 0 fully saturated rings. The van der Waals surface area contributed by atoms with Crippen LogP contribution in [0.4, 0.5) is 17.6 Å². The van der Waals surface area contributed by atoms with Gasteiger partial charge in [0.1, 0.15) is 13.2 Å². The monoisotopic (exact) mass is 240 g/mol. The Morgan fingerprint density at radius 2 is 2.19 bits per heavy atom. The van der Waals surface area contributed by atoms with Gasteiger partial charge in [0.2, 0.25) is 5.78 Å². The Bertz CT molecular complexity index is 335. The molecule has 7 heteroatoms. The molecule has 0 aliphatic carbocycles. The van der Waals surface area contributed by atoms with Crippen LogP contribution in [0.3, 0.4) is 0 Å². The highest BCUT2D eigenvalue weighted by atomic mass is 19.3. The van der Waals surface area contributed by atoms with E-state index < -0.39 is 31.3 Å². The zero-order chi connectivity index (χ0) is 12.2. The summed E-state index contributed by atoms with van der Waals surface area (Å²) in [5, 5.41) is 0. The first-order valence-electron chi connectivity index (χ1n) is 4.24. The second kappa shape index (κ2) is 5.11. The molecule has 0 aliphatic rings. The summed E-state index contributed by atoms with van der Waals surface area (Å²) in [5.74, 6) is -5.00. The molecule has 90 valence electrons. The number of halogens is 4. The summed E-state index contributed by atoms with van der Waals surface area (Å²) in [6.45, 7) is -2.23. The van der Waals surface area contributed by atoms with Gasteiger partial charge < -0.3 is 9.15 Å². The molecule has 16 heavy (non-hydrogen) atoms. The molecule has 1 aromatic rings. The van der Waals surface area contributed by atoms with Crippen LogP contribution in [-0.2, 0) is 4.74 Å². The van der Waals surface area contributed by atoms with E-state index in [-0.39, 0.29) is 5.76 Å². The third-order valence-electron chi connectivity index (χ3n) is 1.64. The van der Waals surface area contributed by atoms with Crippen molar-refractivity contribution in [2.45, 2.75) is 12.3 Å². The van der Waals surface area contributed by atoms with E-state index in [1.165, 1.54) is 18.4 Å². The van der Waals surface area contributed by atoms with Crippen molar-refractivity contribution in [2.75, 3.05) is 13.2 Å². The van der Waals surface area contributed by atoms with Crippen LogP contribution >= 0.6 is 0 Å². The van der Waals surface area contributed by atoms with Gasteiger partial charge in [-0.1, -0.05) is 0 Å². The second-order valence-corrected chi connectivity index (χ2v) is 2.96. The number of hydrogen-bond acceptors (Lipinski definition) is 3. The fraction of sp³-hybridized carbons (Fsp3) is 0.444. The van der Waals surface area contributed by atoms with Crippen molar-refractivity contribution < 1.29 is 31.5 Å². The molecule has 1 heterocycles. The summed E-state index contributed by atoms with van der Waals surface area (Å²) < 4.78 is 56.9. The zero-order valence-corrected chi connectivity index (χ0v) is 7.96. The number of carbonyl (C=O) groups is 1. The van der Waals surface area contributed by atoms with Crippen molar-refractivity contribution in [1.29, 1.82) is 0 Å². The fourth-order valence-corrected chi connectivity index (χ4v) is 0.851. The van der Waals surface area contributed by atoms with Crippen molar-refractivity contribution in [1.82, 2.24) is 0 Å². The molecule has 0 saturated carbocycles. The number of ketones is 1. The normalized spacial score (nSPS) is 12.1. The highest BCUT2D eigenvalue weighted by Gasteiger charge is 2.41. The van der Waals surface area contributed by atoms with Gasteiger partial charge in [0.05, 0.1) is 6.26 Å². The van der Waals surface area contributed by atoms with E-state index in [0.717, 1.165) is 0 Å². The SMILES string of the molecule is O=C(COCC(F)(F)C(F)F)c1ccco1. The summed E-state index contributed by atoms with van der Waals surface area (Å²) in [5.41, 5.74) is 0. The lowest BCUT2D eigenvalue weighted by Crippen LogP contribution is -2.33. The van der Waals surface area contributed by atoms with E-state index in [2.05, 4.69) is 9.15 Å². The molecular weight excluding hydrogens is 232 g/mol. The highest BCUT2D eigenvalue weighted by molar-refractivity contribution is 5.94. The number of rotatable bonds is 6. The maximum Gasteiger partial charge on any atom is 0.330 e. The zero-order valence-electron chi connectivity index (χ0n) is 7.96. The third kappa shape index (κ3) is 3.34. The Morgan fingerprint density at radius 1 is 1.50 bits per heavy atom. The van der Waals surface area contributed by atoms with Gasteiger partial charge in [0, 0.05) is 0 Å². The maximum atomic E-state index is 12.3. The first-order valence-corrected chi connectivity index (χ1v) is 4.24. The van der Waals surface area contributed by atoms with E-state index in [9.17, 15) is 22.4 Å². The highest BCUT2D eigenvalue weighted by Crippen LogP contribution is 2.22. The van der Waals surface area contributed by atoms with E-state index in [1.807, 2.05) is 0 Å². The predicted octanol–water partition coefficient (Wildman–Crippen LogP) is 2.38. The van der Waals surface area contributed by atoms with Gasteiger partial charge in [-0.3, -0.25) is 4.79 Å². The van der Waals surface area contributed by atoms with Gasteiger partial charge in [-0.05, 0) is 12.1 Å². The average Bonchev–Trinajstić information content (AvgIpc) is 2.69. The van der Waals surface area contributed by atoms with Crippen LogP contribution in [0.1, 0.15) is 10.6 Å². The van der Waals surface area contributed by atoms with Gasteiger partial charge in [-0.25, -0.2) is 8.78 Å². The minimum Gasteiger partial charge on any atom is -0.461 e. The summed E-state index contributed by atoms with van der Waals surface area (Å²) >= 11 is 0. The van der Waals surface area contributed by atoms with E-state index in [1.54, 1.807) is 0 Å². The summed E-state index contributed by atoms with van der Waals surface area (Å²) in [6, 6.07) is 2.75. The fourth-order valence-electron chi connectivity index (χ4n) is 0.851. The average molecular weight is 240 g/mol. The minimum atomic E-state index is -4.25. The molecule has 1 rings (SSSR count). The van der Waals surface area contributed by atoms with E-state index in [4.69, 9.17) is 0 Å². The largest absolute Gasteiger partial charge is 0.461 e. The molecule has 0 radical (unpaired) electrons.